The summed E-state index contributed by atoms with van der Waals surface area (Å²) in [5.41, 5.74) is 0. The third-order valence-corrected chi connectivity index (χ3v) is 0.858. The van der Waals surface area contributed by atoms with Gasteiger partial charge in [0.1, 0.15) is 0 Å². The summed E-state index contributed by atoms with van der Waals surface area (Å²) in [5.74, 6) is 5.95. The molecule has 0 unspecified atom stereocenters. The van der Waals surface area contributed by atoms with E-state index in [1.54, 1.807) is 7.11 Å². The summed E-state index contributed by atoms with van der Waals surface area (Å²) in [7, 11) is 1.68. The maximum Gasteiger partial charge on any atom is 0.0571 e. The van der Waals surface area contributed by atoms with E-state index in [0.717, 1.165) is 25.9 Å². The Morgan fingerprint density at radius 2 is 2.00 bits per heavy atom. The number of unbranched alkanes of at least 4 members (excludes halogenated alkanes) is 1. The van der Waals surface area contributed by atoms with Crippen LogP contribution in [-0.4, -0.2) is 13.7 Å². The number of methoxy groups -OCH3 is 1. The Bertz CT molecular complexity index is 96.9. The number of hydrogen-bond donors (Lipinski definition) is 0. The van der Waals surface area contributed by atoms with E-state index in [9.17, 15) is 0 Å². The summed E-state index contributed by atoms with van der Waals surface area (Å²) >= 11 is 0. The highest BCUT2D eigenvalue weighted by Gasteiger charge is 1.74. The van der Waals surface area contributed by atoms with Crippen LogP contribution in [-0.2, 0) is 4.74 Å². The van der Waals surface area contributed by atoms with Crippen molar-refractivity contribution in [3.8, 4) is 11.8 Å². The van der Waals surface area contributed by atoms with Crippen LogP contribution in [0.1, 0.15) is 19.3 Å². The minimum atomic E-state index is 0.740. The van der Waals surface area contributed by atoms with E-state index in [-0.39, 0.29) is 0 Å². The molecular formula is C8H13O. The molecule has 9 heavy (non-hydrogen) atoms. The molecule has 0 aromatic carbocycles. The van der Waals surface area contributed by atoms with Gasteiger partial charge < -0.3 is 4.74 Å². The molecule has 1 heteroatoms. The topological polar surface area (TPSA) is 9.23 Å². The monoisotopic (exact) mass is 125 g/mol. The second-order valence-corrected chi connectivity index (χ2v) is 1.70. The van der Waals surface area contributed by atoms with Crippen LogP contribution in [0.3, 0.4) is 0 Å². The van der Waals surface area contributed by atoms with E-state index in [4.69, 9.17) is 4.74 Å². The summed E-state index contributed by atoms with van der Waals surface area (Å²) in [6.45, 7) is 4.41. The van der Waals surface area contributed by atoms with Crippen LogP contribution < -0.4 is 0 Å². The van der Waals surface area contributed by atoms with Crippen molar-refractivity contribution < 1.29 is 4.74 Å². The van der Waals surface area contributed by atoms with E-state index in [0.29, 0.717) is 0 Å². The smallest absolute Gasteiger partial charge is 0.0571 e. The second kappa shape index (κ2) is 7.52. The lowest BCUT2D eigenvalue weighted by Gasteiger charge is -1.86. The highest BCUT2D eigenvalue weighted by atomic mass is 16.5. The number of rotatable bonds is 3. The van der Waals surface area contributed by atoms with E-state index in [2.05, 4.69) is 18.8 Å². The molecule has 0 rings (SSSR count). The van der Waals surface area contributed by atoms with Crippen LogP contribution in [0, 0.1) is 18.8 Å². The predicted octanol–water partition coefficient (Wildman–Crippen LogP) is 1.64. The fraction of sp³-hybridized carbons (Fsp3) is 0.625. The van der Waals surface area contributed by atoms with Gasteiger partial charge in [-0.05, 0) is 6.42 Å². The zero-order valence-electron chi connectivity index (χ0n) is 5.94. The van der Waals surface area contributed by atoms with Crippen LogP contribution in [0.25, 0.3) is 0 Å². The van der Waals surface area contributed by atoms with Gasteiger partial charge in [-0.1, -0.05) is 6.92 Å². The zero-order chi connectivity index (χ0) is 6.95. The average Bonchev–Trinajstić information content (AvgIpc) is 1.89. The van der Waals surface area contributed by atoms with Crippen molar-refractivity contribution in [1.82, 2.24) is 0 Å². The summed E-state index contributed by atoms with van der Waals surface area (Å²) < 4.78 is 4.80. The van der Waals surface area contributed by atoms with Crippen molar-refractivity contribution >= 4 is 0 Å². The van der Waals surface area contributed by atoms with Crippen LogP contribution in [0.5, 0.6) is 0 Å². The highest BCUT2D eigenvalue weighted by Crippen LogP contribution is 1.82. The summed E-state index contributed by atoms with van der Waals surface area (Å²) in [4.78, 5) is 0. The fourth-order valence-electron chi connectivity index (χ4n) is 0.418. The van der Waals surface area contributed by atoms with Crippen molar-refractivity contribution in [2.75, 3.05) is 13.7 Å². The molecule has 0 N–H and O–H groups in total. The molecule has 0 aliphatic rings. The molecule has 0 amide bonds. The predicted molar refractivity (Wildman–Crippen MR) is 38.9 cm³/mol. The first kappa shape index (κ1) is 8.52. The molecule has 0 saturated carbocycles. The number of hydrogen-bond acceptors (Lipinski definition) is 1. The lowest BCUT2D eigenvalue weighted by molar-refractivity contribution is 0.206. The first-order valence-electron chi connectivity index (χ1n) is 3.15. The van der Waals surface area contributed by atoms with Crippen LogP contribution in [0.2, 0.25) is 0 Å². The van der Waals surface area contributed by atoms with Crippen LogP contribution >= 0.6 is 0 Å². The third kappa shape index (κ3) is 7.52. The Morgan fingerprint density at radius 3 is 2.56 bits per heavy atom. The van der Waals surface area contributed by atoms with E-state index in [1.807, 2.05) is 0 Å². The third-order valence-electron chi connectivity index (χ3n) is 0.858. The summed E-state index contributed by atoms with van der Waals surface area (Å²) in [6, 6.07) is 0. The van der Waals surface area contributed by atoms with Gasteiger partial charge in [0.25, 0.3) is 0 Å². The molecule has 0 heterocycles. The minimum absolute atomic E-state index is 0.740. The van der Waals surface area contributed by atoms with Gasteiger partial charge in [-0.2, -0.15) is 0 Å². The summed E-state index contributed by atoms with van der Waals surface area (Å²) in [5, 5.41) is 0. The van der Waals surface area contributed by atoms with Gasteiger partial charge in [-0.25, -0.2) is 0 Å². The standard InChI is InChI=1S/C8H13O/c1-3-4-5-6-7-8-9-2/h1,3-4,7-8H2,2H3. The molecule has 1 nitrogen and oxygen atoms in total. The van der Waals surface area contributed by atoms with E-state index >= 15 is 0 Å². The molecule has 51 valence electrons. The molecule has 0 aliphatic heterocycles. The van der Waals surface area contributed by atoms with E-state index < -0.39 is 0 Å². The Labute approximate surface area is 57.4 Å². The molecule has 0 saturated heterocycles. The molecule has 0 aliphatic carbocycles. The van der Waals surface area contributed by atoms with E-state index in [1.165, 1.54) is 0 Å². The SMILES string of the molecule is [CH2]CCC#CCCOC. The fourth-order valence-corrected chi connectivity index (χ4v) is 0.418. The number of ether oxygens (including phenoxy) is 1. The molecule has 0 bridgehead atoms. The molecule has 0 aromatic rings. The van der Waals surface area contributed by atoms with Crippen molar-refractivity contribution in [1.29, 1.82) is 0 Å². The van der Waals surface area contributed by atoms with Crippen molar-refractivity contribution in [3.05, 3.63) is 6.92 Å². The Hall–Kier alpha value is -0.480. The largest absolute Gasteiger partial charge is 0.384 e. The molecule has 0 spiro atoms. The normalized spacial score (nSPS) is 8.22. The second-order valence-electron chi connectivity index (χ2n) is 1.70. The van der Waals surface area contributed by atoms with Gasteiger partial charge in [0, 0.05) is 20.0 Å². The van der Waals surface area contributed by atoms with Gasteiger partial charge >= 0.3 is 0 Å². The Kier molecular flexibility index (Phi) is 7.12. The first-order valence-corrected chi connectivity index (χ1v) is 3.15. The maximum atomic E-state index is 4.80. The lowest BCUT2D eigenvalue weighted by Crippen LogP contribution is -1.83. The summed E-state index contributed by atoms with van der Waals surface area (Å²) in [6.07, 6.45) is 2.65. The highest BCUT2D eigenvalue weighted by molar-refractivity contribution is 4.98. The van der Waals surface area contributed by atoms with Gasteiger partial charge in [-0.15, -0.1) is 11.8 Å². The van der Waals surface area contributed by atoms with Gasteiger partial charge in [0.2, 0.25) is 0 Å². The Morgan fingerprint density at radius 1 is 1.33 bits per heavy atom. The first-order chi connectivity index (χ1) is 4.41. The maximum absolute atomic E-state index is 4.80. The van der Waals surface area contributed by atoms with Crippen LogP contribution in [0.4, 0.5) is 0 Å². The zero-order valence-corrected chi connectivity index (χ0v) is 5.94. The molecule has 1 radical (unpaired) electrons. The quantitative estimate of drug-likeness (QED) is 0.411. The van der Waals surface area contributed by atoms with Gasteiger partial charge in [-0.3, -0.25) is 0 Å². The van der Waals surface area contributed by atoms with Crippen LogP contribution in [0.15, 0.2) is 0 Å². The van der Waals surface area contributed by atoms with Gasteiger partial charge in [0.15, 0.2) is 0 Å². The minimum Gasteiger partial charge on any atom is -0.384 e. The Balaban J connectivity index is 2.96. The molecular weight excluding hydrogens is 112 g/mol. The average molecular weight is 125 g/mol. The van der Waals surface area contributed by atoms with Gasteiger partial charge in [0.05, 0.1) is 6.61 Å². The van der Waals surface area contributed by atoms with Crippen molar-refractivity contribution in [2.24, 2.45) is 0 Å². The lowest BCUT2D eigenvalue weighted by atomic mass is 10.3. The molecule has 0 atom stereocenters. The van der Waals surface area contributed by atoms with Crippen molar-refractivity contribution in [3.63, 3.8) is 0 Å². The molecule has 0 aromatic heterocycles. The van der Waals surface area contributed by atoms with Crippen molar-refractivity contribution in [2.45, 2.75) is 19.3 Å². The molecule has 0 fully saturated rings.